The minimum absolute atomic E-state index is 0.0715. The van der Waals surface area contributed by atoms with Crippen LogP contribution in [0, 0.1) is 0 Å². The smallest absolute Gasteiger partial charge is 0.368 e. The van der Waals surface area contributed by atoms with Crippen molar-refractivity contribution in [1.82, 2.24) is 19.8 Å². The van der Waals surface area contributed by atoms with E-state index in [1.54, 1.807) is 0 Å². The zero-order valence-electron chi connectivity index (χ0n) is 8.75. The molecule has 0 aromatic carbocycles. The number of hydrogen-bond acceptors (Lipinski definition) is 5. The summed E-state index contributed by atoms with van der Waals surface area (Å²) in [4.78, 5) is 22.3. The van der Waals surface area contributed by atoms with Crippen molar-refractivity contribution in [1.29, 1.82) is 0 Å². The van der Waals surface area contributed by atoms with Gasteiger partial charge in [0.15, 0.2) is 0 Å². The third-order valence-electron chi connectivity index (χ3n) is 1.67. The zero-order chi connectivity index (χ0) is 11.4. The van der Waals surface area contributed by atoms with E-state index in [4.69, 9.17) is 0 Å². The molecule has 82 valence electrons. The zero-order valence-corrected chi connectivity index (χ0v) is 8.75. The van der Waals surface area contributed by atoms with Gasteiger partial charge in [0.25, 0.3) is 0 Å². The monoisotopic (exact) mass is 212 g/mol. The Kier molecular flexibility index (Phi) is 3.37. The first kappa shape index (κ1) is 11.2. The fourth-order valence-corrected chi connectivity index (χ4v) is 0.885. The van der Waals surface area contributed by atoms with Crippen LogP contribution in [0.15, 0.2) is 10.9 Å². The second kappa shape index (κ2) is 4.54. The van der Waals surface area contributed by atoms with Gasteiger partial charge in [0.2, 0.25) is 0 Å². The molecule has 0 aliphatic heterocycles. The molecular formula is C8H12N4O3. The van der Waals surface area contributed by atoms with Crippen LogP contribution in [0.5, 0.6) is 0 Å². The van der Waals surface area contributed by atoms with Gasteiger partial charge >= 0.3 is 11.7 Å². The number of aromatic nitrogens is 4. The summed E-state index contributed by atoms with van der Waals surface area (Å²) in [6.45, 7) is 3.62. The predicted octanol–water partition coefficient (Wildman–Crippen LogP) is -0.336. The summed E-state index contributed by atoms with van der Waals surface area (Å²) in [6.07, 6.45) is 2.31. The molecule has 0 aliphatic rings. The lowest BCUT2D eigenvalue weighted by atomic mass is 10.4. The Morgan fingerprint density at radius 1 is 1.47 bits per heavy atom. The van der Waals surface area contributed by atoms with Crippen LogP contribution in [0.1, 0.15) is 19.9 Å². The van der Waals surface area contributed by atoms with Crippen molar-refractivity contribution in [3.05, 3.63) is 16.6 Å². The van der Waals surface area contributed by atoms with Gasteiger partial charge in [0.1, 0.15) is 0 Å². The molecule has 0 aliphatic carbocycles. The number of methoxy groups -OCH3 is 1. The molecule has 0 fully saturated rings. The highest BCUT2D eigenvalue weighted by molar-refractivity contribution is 5.84. The number of carbonyl (C=O) groups is 1. The third-order valence-corrected chi connectivity index (χ3v) is 1.67. The van der Waals surface area contributed by atoms with Crippen molar-refractivity contribution in [2.24, 2.45) is 0 Å². The fourth-order valence-electron chi connectivity index (χ4n) is 0.885. The van der Waals surface area contributed by atoms with Gasteiger partial charge in [0, 0.05) is 12.3 Å². The van der Waals surface area contributed by atoms with Crippen LogP contribution < -0.4 is 5.69 Å². The van der Waals surface area contributed by atoms with Gasteiger partial charge in [-0.2, -0.15) is 9.36 Å². The molecular weight excluding hydrogens is 200 g/mol. The van der Waals surface area contributed by atoms with Gasteiger partial charge in [-0.25, -0.2) is 9.59 Å². The van der Waals surface area contributed by atoms with Gasteiger partial charge in [-0.15, -0.1) is 0 Å². The number of carbonyl (C=O) groups excluding carboxylic acids is 1. The van der Waals surface area contributed by atoms with E-state index in [1.165, 1.54) is 18.0 Å². The minimum Gasteiger partial charge on any atom is -0.466 e. The summed E-state index contributed by atoms with van der Waals surface area (Å²) in [5.41, 5.74) is -0.398. The van der Waals surface area contributed by atoms with E-state index < -0.39 is 11.7 Å². The molecule has 1 heterocycles. The number of tetrazole rings is 1. The molecule has 0 unspecified atom stereocenters. The largest absolute Gasteiger partial charge is 0.466 e. The first-order valence-corrected chi connectivity index (χ1v) is 4.36. The molecule has 0 saturated carbocycles. The second-order valence-corrected chi connectivity index (χ2v) is 3.08. The predicted molar refractivity (Wildman–Crippen MR) is 52.0 cm³/mol. The minimum atomic E-state index is -0.555. The number of nitrogens with zero attached hydrogens (tertiary/aromatic N) is 4. The molecule has 0 radical (unpaired) electrons. The fraction of sp³-hybridized carbons (Fsp3) is 0.500. The van der Waals surface area contributed by atoms with Crippen LogP contribution in [-0.2, 0) is 9.53 Å². The van der Waals surface area contributed by atoms with Gasteiger partial charge in [0.05, 0.1) is 13.2 Å². The first-order chi connectivity index (χ1) is 7.06. The maximum atomic E-state index is 11.5. The van der Waals surface area contributed by atoms with E-state index in [9.17, 15) is 9.59 Å². The van der Waals surface area contributed by atoms with Crippen LogP contribution in [-0.4, -0.2) is 32.9 Å². The standard InChI is InChI=1S/C8H12N4O3/c1-6(2)12-8(14)11(9-10-12)5-4-7(13)15-3/h4-6H,1-3H3/b5-4+. The lowest BCUT2D eigenvalue weighted by molar-refractivity contribution is -0.134. The number of hydrogen-bond donors (Lipinski definition) is 0. The van der Waals surface area contributed by atoms with Gasteiger partial charge in [-0.05, 0) is 24.3 Å². The summed E-state index contributed by atoms with van der Waals surface area (Å²) >= 11 is 0. The average molecular weight is 212 g/mol. The summed E-state index contributed by atoms with van der Waals surface area (Å²) in [7, 11) is 1.25. The van der Waals surface area contributed by atoms with Crippen molar-refractivity contribution in [2.75, 3.05) is 7.11 Å². The molecule has 0 saturated heterocycles. The normalized spacial score (nSPS) is 11.2. The molecule has 7 nitrogen and oxygen atoms in total. The van der Waals surface area contributed by atoms with Crippen LogP contribution in [0.3, 0.4) is 0 Å². The first-order valence-electron chi connectivity index (χ1n) is 4.36. The highest BCUT2D eigenvalue weighted by Crippen LogP contribution is 1.94. The van der Waals surface area contributed by atoms with E-state index in [1.807, 2.05) is 13.8 Å². The van der Waals surface area contributed by atoms with Crippen LogP contribution >= 0.6 is 0 Å². The molecule has 1 aromatic rings. The Morgan fingerprint density at radius 3 is 2.60 bits per heavy atom. The van der Waals surface area contributed by atoms with Crippen molar-refractivity contribution in [3.63, 3.8) is 0 Å². The van der Waals surface area contributed by atoms with E-state index in [-0.39, 0.29) is 6.04 Å². The van der Waals surface area contributed by atoms with Crippen molar-refractivity contribution < 1.29 is 9.53 Å². The molecule has 0 amide bonds. The molecule has 0 N–H and O–H groups in total. The summed E-state index contributed by atoms with van der Waals surface area (Å²) < 4.78 is 6.55. The van der Waals surface area contributed by atoms with Crippen LogP contribution in [0.4, 0.5) is 0 Å². The third kappa shape index (κ3) is 2.52. The maximum absolute atomic E-state index is 11.5. The molecule has 1 rings (SSSR count). The SMILES string of the molecule is COC(=O)/C=C/n1nnn(C(C)C)c1=O. The summed E-state index contributed by atoms with van der Waals surface area (Å²) in [6, 6.07) is -0.0715. The lowest BCUT2D eigenvalue weighted by Gasteiger charge is -1.98. The van der Waals surface area contributed by atoms with E-state index in [0.29, 0.717) is 0 Å². The number of esters is 1. The van der Waals surface area contributed by atoms with E-state index in [0.717, 1.165) is 10.8 Å². The van der Waals surface area contributed by atoms with Crippen molar-refractivity contribution in [3.8, 4) is 0 Å². The Bertz CT molecular complexity index is 429. The topological polar surface area (TPSA) is 79.0 Å². The van der Waals surface area contributed by atoms with Crippen LogP contribution in [0.25, 0.3) is 6.20 Å². The van der Waals surface area contributed by atoms with Crippen molar-refractivity contribution in [2.45, 2.75) is 19.9 Å². The number of ether oxygens (including phenoxy) is 1. The van der Waals surface area contributed by atoms with E-state index in [2.05, 4.69) is 15.2 Å². The Labute approximate surface area is 85.9 Å². The Balaban J connectivity index is 2.93. The van der Waals surface area contributed by atoms with Crippen LogP contribution in [0.2, 0.25) is 0 Å². The molecule has 7 heteroatoms. The van der Waals surface area contributed by atoms with Gasteiger partial charge < -0.3 is 4.74 Å². The summed E-state index contributed by atoms with van der Waals surface area (Å²) in [5.74, 6) is -0.555. The van der Waals surface area contributed by atoms with Gasteiger partial charge in [-0.3, -0.25) is 0 Å². The maximum Gasteiger partial charge on any atom is 0.368 e. The van der Waals surface area contributed by atoms with E-state index >= 15 is 0 Å². The summed E-state index contributed by atoms with van der Waals surface area (Å²) in [5, 5.41) is 7.20. The molecule has 0 bridgehead atoms. The molecule has 15 heavy (non-hydrogen) atoms. The molecule has 0 atom stereocenters. The number of rotatable bonds is 3. The molecule has 0 spiro atoms. The Morgan fingerprint density at radius 2 is 2.13 bits per heavy atom. The lowest BCUT2D eigenvalue weighted by Crippen LogP contribution is -2.24. The van der Waals surface area contributed by atoms with Gasteiger partial charge in [-0.1, -0.05) is 0 Å². The highest BCUT2D eigenvalue weighted by atomic mass is 16.5. The highest BCUT2D eigenvalue weighted by Gasteiger charge is 2.07. The Hall–Kier alpha value is -1.92. The second-order valence-electron chi connectivity index (χ2n) is 3.08. The van der Waals surface area contributed by atoms with Crippen molar-refractivity contribution >= 4 is 12.2 Å². The quantitative estimate of drug-likeness (QED) is 0.506. The average Bonchev–Trinajstić information content (AvgIpc) is 2.56. The molecule has 1 aromatic heterocycles.